The first-order valence-corrected chi connectivity index (χ1v) is 6.77. The molecule has 0 radical (unpaired) electrons. The Labute approximate surface area is 117 Å². The molecule has 0 bridgehead atoms. The number of benzene rings is 1. The second-order valence-electron chi connectivity index (χ2n) is 5.37. The van der Waals surface area contributed by atoms with Crippen LogP contribution < -0.4 is 10.6 Å². The maximum Gasteiger partial charge on any atom is 0.271 e. The number of nitrogens with zero attached hydrogens (tertiary/aromatic N) is 1. The summed E-state index contributed by atoms with van der Waals surface area (Å²) in [6.07, 6.45) is 2.34. The summed E-state index contributed by atoms with van der Waals surface area (Å²) >= 11 is 6.05. The van der Waals surface area contributed by atoms with Crippen LogP contribution in [0.4, 0.5) is 11.4 Å². The number of hydrogen-bond acceptors (Lipinski definition) is 4. The quantitative estimate of drug-likeness (QED) is 0.658. The van der Waals surface area contributed by atoms with Crippen LogP contribution in [0.1, 0.15) is 19.8 Å². The van der Waals surface area contributed by atoms with Crippen molar-refractivity contribution in [1.29, 1.82) is 0 Å². The van der Waals surface area contributed by atoms with Crippen LogP contribution in [0.2, 0.25) is 5.02 Å². The predicted molar refractivity (Wildman–Crippen MR) is 76.8 cm³/mol. The normalized spacial score (nSPS) is 23.1. The van der Waals surface area contributed by atoms with Gasteiger partial charge in [0.25, 0.3) is 5.69 Å². The van der Waals surface area contributed by atoms with E-state index in [1.165, 1.54) is 18.6 Å². The number of halogens is 1. The molecular formula is C13H18ClN3O2. The van der Waals surface area contributed by atoms with Crippen LogP contribution in [-0.2, 0) is 0 Å². The lowest BCUT2D eigenvalue weighted by Crippen LogP contribution is -2.42. The Morgan fingerprint density at radius 3 is 2.95 bits per heavy atom. The highest BCUT2D eigenvalue weighted by atomic mass is 35.5. The summed E-state index contributed by atoms with van der Waals surface area (Å²) < 4.78 is 0. The number of anilines is 1. The molecule has 0 spiro atoms. The van der Waals surface area contributed by atoms with Gasteiger partial charge >= 0.3 is 0 Å². The van der Waals surface area contributed by atoms with Crippen LogP contribution >= 0.6 is 11.6 Å². The van der Waals surface area contributed by atoms with Crippen LogP contribution in [0.25, 0.3) is 0 Å². The van der Waals surface area contributed by atoms with Crippen LogP contribution in [-0.4, -0.2) is 24.6 Å². The topological polar surface area (TPSA) is 67.2 Å². The third-order valence-corrected chi connectivity index (χ3v) is 3.87. The van der Waals surface area contributed by atoms with Crippen molar-refractivity contribution in [2.24, 2.45) is 5.41 Å². The van der Waals surface area contributed by atoms with Gasteiger partial charge in [-0.1, -0.05) is 18.5 Å². The first kappa shape index (κ1) is 14.1. The molecule has 0 saturated carbocycles. The van der Waals surface area contributed by atoms with Gasteiger partial charge in [-0.25, -0.2) is 0 Å². The highest BCUT2D eigenvalue weighted by Gasteiger charge is 2.26. The Hall–Kier alpha value is -1.33. The standard InChI is InChI=1S/C13H18ClN3O2/c1-13(5-2-6-15-8-13)9-16-12-4-3-10(17(18)19)7-11(12)14/h3-4,7,15-16H,2,5-6,8-9H2,1H3. The molecule has 1 aromatic rings. The van der Waals surface area contributed by atoms with E-state index in [0.717, 1.165) is 31.7 Å². The van der Waals surface area contributed by atoms with Gasteiger partial charge < -0.3 is 10.6 Å². The molecule has 6 heteroatoms. The van der Waals surface area contributed by atoms with E-state index in [4.69, 9.17) is 11.6 Å². The fourth-order valence-corrected chi connectivity index (χ4v) is 2.58. The molecule has 104 valence electrons. The molecule has 2 rings (SSSR count). The van der Waals surface area contributed by atoms with Gasteiger partial charge in [-0.15, -0.1) is 0 Å². The molecular weight excluding hydrogens is 266 g/mol. The van der Waals surface area contributed by atoms with E-state index in [-0.39, 0.29) is 11.1 Å². The predicted octanol–water partition coefficient (Wildman–Crippen LogP) is 3.05. The van der Waals surface area contributed by atoms with E-state index in [1.807, 2.05) is 0 Å². The van der Waals surface area contributed by atoms with E-state index in [0.29, 0.717) is 5.02 Å². The lowest BCUT2D eigenvalue weighted by atomic mass is 9.83. The van der Waals surface area contributed by atoms with Gasteiger partial charge in [0.05, 0.1) is 15.6 Å². The number of nitro groups is 1. The molecule has 1 unspecified atom stereocenters. The fraction of sp³-hybridized carbons (Fsp3) is 0.538. The van der Waals surface area contributed by atoms with Gasteiger partial charge in [-0.3, -0.25) is 10.1 Å². The van der Waals surface area contributed by atoms with E-state index in [1.54, 1.807) is 6.07 Å². The zero-order chi connectivity index (χ0) is 13.9. The molecule has 1 saturated heterocycles. The molecule has 1 atom stereocenters. The molecule has 5 nitrogen and oxygen atoms in total. The summed E-state index contributed by atoms with van der Waals surface area (Å²) in [6, 6.07) is 4.51. The van der Waals surface area contributed by atoms with E-state index < -0.39 is 4.92 Å². The smallest absolute Gasteiger partial charge is 0.271 e. The van der Waals surface area contributed by atoms with Crippen molar-refractivity contribution in [3.63, 3.8) is 0 Å². The highest BCUT2D eigenvalue weighted by Crippen LogP contribution is 2.30. The summed E-state index contributed by atoms with van der Waals surface area (Å²) in [5, 5.41) is 17.7. The molecule has 0 aromatic heterocycles. The second kappa shape index (κ2) is 5.75. The minimum atomic E-state index is -0.442. The van der Waals surface area contributed by atoms with Gasteiger partial charge in [0.15, 0.2) is 0 Å². The number of nitrogens with one attached hydrogen (secondary N) is 2. The van der Waals surface area contributed by atoms with Crippen molar-refractivity contribution < 1.29 is 4.92 Å². The third-order valence-electron chi connectivity index (χ3n) is 3.55. The average molecular weight is 284 g/mol. The molecule has 0 amide bonds. The van der Waals surface area contributed by atoms with Crippen molar-refractivity contribution in [3.8, 4) is 0 Å². The minimum Gasteiger partial charge on any atom is -0.383 e. The van der Waals surface area contributed by atoms with Crippen molar-refractivity contribution in [3.05, 3.63) is 33.3 Å². The first-order chi connectivity index (χ1) is 9.00. The van der Waals surface area contributed by atoms with E-state index in [9.17, 15) is 10.1 Å². The van der Waals surface area contributed by atoms with Gasteiger partial charge in [0, 0.05) is 25.2 Å². The van der Waals surface area contributed by atoms with Crippen molar-refractivity contribution >= 4 is 23.0 Å². The number of non-ortho nitro benzene ring substituents is 1. The number of hydrogen-bond donors (Lipinski definition) is 2. The van der Waals surface area contributed by atoms with Crippen LogP contribution in [0.5, 0.6) is 0 Å². The third kappa shape index (κ3) is 3.58. The lowest BCUT2D eigenvalue weighted by Gasteiger charge is -2.34. The average Bonchev–Trinajstić information content (AvgIpc) is 2.38. The summed E-state index contributed by atoms with van der Waals surface area (Å²) in [4.78, 5) is 10.2. The largest absolute Gasteiger partial charge is 0.383 e. The molecule has 1 aliphatic rings. The Bertz CT molecular complexity index is 473. The van der Waals surface area contributed by atoms with Gasteiger partial charge in [-0.05, 0) is 30.9 Å². The van der Waals surface area contributed by atoms with E-state index in [2.05, 4.69) is 17.6 Å². The van der Waals surface area contributed by atoms with Crippen LogP contribution in [0.15, 0.2) is 18.2 Å². The van der Waals surface area contributed by atoms with Crippen molar-refractivity contribution in [1.82, 2.24) is 5.32 Å². The van der Waals surface area contributed by atoms with E-state index >= 15 is 0 Å². The van der Waals surface area contributed by atoms with Gasteiger partial charge in [-0.2, -0.15) is 0 Å². The molecule has 1 aromatic carbocycles. The Balaban J connectivity index is 2.01. The summed E-state index contributed by atoms with van der Waals surface area (Å²) in [6.45, 7) is 5.08. The fourth-order valence-electron chi connectivity index (χ4n) is 2.34. The van der Waals surface area contributed by atoms with Crippen LogP contribution in [0.3, 0.4) is 0 Å². The summed E-state index contributed by atoms with van der Waals surface area (Å²) in [5.74, 6) is 0. The number of rotatable bonds is 4. The summed E-state index contributed by atoms with van der Waals surface area (Å²) in [7, 11) is 0. The zero-order valence-electron chi connectivity index (χ0n) is 10.9. The first-order valence-electron chi connectivity index (χ1n) is 6.39. The number of nitro benzene ring substituents is 1. The SMILES string of the molecule is CC1(CNc2ccc([N+](=O)[O-])cc2Cl)CCCNC1. The molecule has 1 heterocycles. The number of piperidine rings is 1. The molecule has 1 aliphatic heterocycles. The Morgan fingerprint density at radius 1 is 1.58 bits per heavy atom. The minimum absolute atomic E-state index is 0.0149. The van der Waals surface area contributed by atoms with Crippen molar-refractivity contribution in [2.75, 3.05) is 25.0 Å². The van der Waals surface area contributed by atoms with Gasteiger partial charge in [0.1, 0.15) is 0 Å². The zero-order valence-corrected chi connectivity index (χ0v) is 11.7. The summed E-state index contributed by atoms with van der Waals surface area (Å²) in [5.41, 5.74) is 0.962. The molecule has 1 fully saturated rings. The maximum atomic E-state index is 10.6. The second-order valence-corrected chi connectivity index (χ2v) is 5.77. The Morgan fingerprint density at radius 2 is 2.37 bits per heavy atom. The van der Waals surface area contributed by atoms with Gasteiger partial charge in [0.2, 0.25) is 0 Å². The molecule has 19 heavy (non-hydrogen) atoms. The lowest BCUT2D eigenvalue weighted by molar-refractivity contribution is -0.384. The monoisotopic (exact) mass is 283 g/mol. The van der Waals surface area contributed by atoms with Crippen LogP contribution in [0, 0.1) is 15.5 Å². The Kier molecular flexibility index (Phi) is 4.27. The maximum absolute atomic E-state index is 10.6. The molecule has 2 N–H and O–H groups in total. The molecule has 0 aliphatic carbocycles. The van der Waals surface area contributed by atoms with Crippen molar-refractivity contribution in [2.45, 2.75) is 19.8 Å². The highest BCUT2D eigenvalue weighted by molar-refractivity contribution is 6.33.